The van der Waals surface area contributed by atoms with Crippen molar-refractivity contribution in [1.29, 1.82) is 0 Å². The lowest BCUT2D eigenvalue weighted by Gasteiger charge is -2.18. The quantitative estimate of drug-likeness (QED) is 0.710. The molecular formula is C20H18FN3O4S. The number of nitrogens with one attached hydrogen (secondary N) is 1. The molecule has 0 atom stereocenters. The summed E-state index contributed by atoms with van der Waals surface area (Å²) in [6, 6.07) is 8.35. The number of carbonyl (C=O) groups excluding carboxylic acids is 1. The minimum absolute atomic E-state index is 0.0964. The van der Waals surface area contributed by atoms with Gasteiger partial charge in [0.1, 0.15) is 11.4 Å². The highest BCUT2D eigenvalue weighted by Gasteiger charge is 2.29. The molecule has 0 saturated carbocycles. The second-order valence-corrected chi connectivity index (χ2v) is 9.16. The lowest BCUT2D eigenvalue weighted by Crippen LogP contribution is -2.33. The van der Waals surface area contributed by atoms with Crippen molar-refractivity contribution in [2.24, 2.45) is 0 Å². The standard InChI is InChI=1S/C20H18FN3O4S/c1-23(2)29(27,28)14-4-6-18-12(9-14)7-8-24(18)20(26)16-11-22-17-5-3-13(21)10-15(17)19(16)25/h3-6,9-11H,7-8H2,1-2H3,(H,22,25). The maximum atomic E-state index is 13.5. The highest BCUT2D eigenvalue weighted by molar-refractivity contribution is 7.89. The van der Waals surface area contributed by atoms with Crippen molar-refractivity contribution >= 4 is 32.5 Å². The molecule has 0 aliphatic carbocycles. The molecule has 0 saturated heterocycles. The molecule has 150 valence electrons. The molecule has 0 radical (unpaired) electrons. The summed E-state index contributed by atoms with van der Waals surface area (Å²) in [5.41, 5.74) is 1.06. The summed E-state index contributed by atoms with van der Waals surface area (Å²) in [6.45, 7) is 0.320. The van der Waals surface area contributed by atoms with Gasteiger partial charge in [0.15, 0.2) is 0 Å². The monoisotopic (exact) mass is 415 g/mol. The van der Waals surface area contributed by atoms with Crippen molar-refractivity contribution in [3.63, 3.8) is 0 Å². The van der Waals surface area contributed by atoms with E-state index < -0.39 is 27.2 Å². The number of amides is 1. The zero-order valence-corrected chi connectivity index (χ0v) is 16.6. The van der Waals surface area contributed by atoms with Crippen LogP contribution in [0.3, 0.4) is 0 Å². The van der Waals surface area contributed by atoms with Gasteiger partial charge < -0.3 is 9.88 Å². The summed E-state index contributed by atoms with van der Waals surface area (Å²) >= 11 is 0. The summed E-state index contributed by atoms with van der Waals surface area (Å²) < 4.78 is 39.3. The van der Waals surface area contributed by atoms with Crippen LogP contribution in [0.2, 0.25) is 0 Å². The van der Waals surface area contributed by atoms with E-state index in [0.29, 0.717) is 29.7 Å². The maximum Gasteiger partial charge on any atom is 0.263 e. The van der Waals surface area contributed by atoms with Gasteiger partial charge >= 0.3 is 0 Å². The van der Waals surface area contributed by atoms with Crippen LogP contribution in [-0.2, 0) is 16.4 Å². The van der Waals surface area contributed by atoms with E-state index >= 15 is 0 Å². The molecule has 2 heterocycles. The Balaban J connectivity index is 1.74. The fraction of sp³-hybridized carbons (Fsp3) is 0.200. The number of benzene rings is 2. The van der Waals surface area contributed by atoms with Gasteiger partial charge in [0.05, 0.1) is 4.90 Å². The highest BCUT2D eigenvalue weighted by Crippen LogP contribution is 2.31. The number of anilines is 1. The third-order valence-electron chi connectivity index (χ3n) is 5.04. The number of aromatic amines is 1. The van der Waals surface area contributed by atoms with Crippen LogP contribution in [0.5, 0.6) is 0 Å². The van der Waals surface area contributed by atoms with Gasteiger partial charge in [-0.25, -0.2) is 17.1 Å². The molecule has 4 rings (SSSR count). The Kier molecular flexibility index (Phi) is 4.51. The van der Waals surface area contributed by atoms with Crippen molar-refractivity contribution in [2.45, 2.75) is 11.3 Å². The smallest absolute Gasteiger partial charge is 0.263 e. The number of fused-ring (bicyclic) bond motifs is 2. The van der Waals surface area contributed by atoms with Crippen LogP contribution >= 0.6 is 0 Å². The molecule has 0 bridgehead atoms. The Bertz CT molecular complexity index is 1320. The minimum Gasteiger partial charge on any atom is -0.360 e. The van der Waals surface area contributed by atoms with E-state index in [0.717, 1.165) is 10.4 Å². The molecule has 1 aliphatic heterocycles. The van der Waals surface area contributed by atoms with Gasteiger partial charge in [0, 0.05) is 43.4 Å². The van der Waals surface area contributed by atoms with E-state index in [1.54, 1.807) is 12.1 Å². The van der Waals surface area contributed by atoms with Crippen molar-refractivity contribution in [1.82, 2.24) is 9.29 Å². The zero-order valence-electron chi connectivity index (χ0n) is 15.8. The van der Waals surface area contributed by atoms with Crippen LogP contribution in [0.4, 0.5) is 10.1 Å². The van der Waals surface area contributed by atoms with E-state index in [4.69, 9.17) is 0 Å². The van der Waals surface area contributed by atoms with Gasteiger partial charge in [0.25, 0.3) is 5.91 Å². The van der Waals surface area contributed by atoms with E-state index in [1.165, 1.54) is 43.4 Å². The molecule has 1 aliphatic rings. The van der Waals surface area contributed by atoms with Crippen LogP contribution in [0.25, 0.3) is 10.9 Å². The summed E-state index contributed by atoms with van der Waals surface area (Å²) in [6.07, 6.45) is 1.80. The van der Waals surface area contributed by atoms with Gasteiger partial charge in [-0.2, -0.15) is 0 Å². The van der Waals surface area contributed by atoms with E-state index in [-0.39, 0.29) is 15.8 Å². The first-order valence-electron chi connectivity index (χ1n) is 8.88. The van der Waals surface area contributed by atoms with Gasteiger partial charge in [-0.15, -0.1) is 0 Å². The molecule has 0 fully saturated rings. The van der Waals surface area contributed by atoms with Crippen molar-refractivity contribution in [3.05, 3.63) is 69.8 Å². The largest absolute Gasteiger partial charge is 0.360 e. The fourth-order valence-electron chi connectivity index (χ4n) is 3.46. The summed E-state index contributed by atoms with van der Waals surface area (Å²) in [5.74, 6) is -1.08. The molecule has 1 aromatic heterocycles. The first kappa shape index (κ1) is 19.3. The Labute approximate surface area is 166 Å². The van der Waals surface area contributed by atoms with Crippen LogP contribution in [0.15, 0.2) is 52.3 Å². The first-order chi connectivity index (χ1) is 13.7. The van der Waals surface area contributed by atoms with E-state index in [1.807, 2.05) is 0 Å². The van der Waals surface area contributed by atoms with Crippen LogP contribution in [-0.4, -0.2) is 44.3 Å². The molecule has 7 nitrogen and oxygen atoms in total. The average Bonchev–Trinajstić information content (AvgIpc) is 3.11. The lowest BCUT2D eigenvalue weighted by atomic mass is 10.1. The molecular weight excluding hydrogens is 397 g/mol. The number of pyridine rings is 1. The SMILES string of the molecule is CN(C)S(=O)(=O)c1ccc2c(c1)CCN2C(=O)c1c[nH]c2ccc(F)cc2c1=O. The van der Waals surface area contributed by atoms with Gasteiger partial charge in [-0.3, -0.25) is 9.59 Å². The molecule has 29 heavy (non-hydrogen) atoms. The number of halogens is 1. The fourth-order valence-corrected chi connectivity index (χ4v) is 4.41. The van der Waals surface area contributed by atoms with Crippen LogP contribution in [0, 0.1) is 5.82 Å². The number of hydrogen-bond acceptors (Lipinski definition) is 4. The van der Waals surface area contributed by atoms with Crippen LogP contribution in [0.1, 0.15) is 15.9 Å². The third-order valence-corrected chi connectivity index (χ3v) is 6.85. The predicted molar refractivity (Wildman–Crippen MR) is 107 cm³/mol. The summed E-state index contributed by atoms with van der Waals surface area (Å²) in [5, 5.41) is 0.0997. The molecule has 1 N–H and O–H groups in total. The van der Waals surface area contributed by atoms with E-state index in [2.05, 4.69) is 4.98 Å². The number of carbonyl (C=O) groups is 1. The minimum atomic E-state index is -3.58. The Hall–Kier alpha value is -3.04. The maximum absolute atomic E-state index is 13.5. The number of rotatable bonds is 3. The van der Waals surface area contributed by atoms with Gasteiger partial charge in [-0.1, -0.05) is 0 Å². The molecule has 3 aromatic rings. The molecule has 9 heteroatoms. The third kappa shape index (κ3) is 3.12. The van der Waals surface area contributed by atoms with E-state index in [9.17, 15) is 22.4 Å². The molecule has 0 spiro atoms. The second-order valence-electron chi connectivity index (χ2n) is 7.01. The predicted octanol–water partition coefficient (Wildman–Crippen LogP) is 2.12. The zero-order chi connectivity index (χ0) is 20.9. The first-order valence-corrected chi connectivity index (χ1v) is 10.3. The number of aromatic nitrogens is 1. The molecule has 2 aromatic carbocycles. The number of sulfonamides is 1. The average molecular weight is 415 g/mol. The molecule has 1 amide bonds. The highest BCUT2D eigenvalue weighted by atomic mass is 32.2. The van der Waals surface area contributed by atoms with Crippen molar-refractivity contribution in [3.8, 4) is 0 Å². The molecule has 0 unspecified atom stereocenters. The summed E-state index contributed by atoms with van der Waals surface area (Å²) in [7, 11) is -0.681. The Morgan fingerprint density at radius 2 is 1.93 bits per heavy atom. The number of H-pyrrole nitrogens is 1. The summed E-state index contributed by atoms with van der Waals surface area (Å²) in [4.78, 5) is 30.2. The van der Waals surface area contributed by atoms with Gasteiger partial charge in [-0.05, 0) is 48.4 Å². The Morgan fingerprint density at radius 3 is 2.66 bits per heavy atom. The Morgan fingerprint density at radius 1 is 1.17 bits per heavy atom. The number of hydrogen-bond donors (Lipinski definition) is 1. The van der Waals surface area contributed by atoms with Crippen LogP contribution < -0.4 is 10.3 Å². The van der Waals surface area contributed by atoms with Crippen molar-refractivity contribution < 1.29 is 17.6 Å². The van der Waals surface area contributed by atoms with Gasteiger partial charge in [0.2, 0.25) is 15.5 Å². The lowest BCUT2D eigenvalue weighted by molar-refractivity contribution is 0.0988. The van der Waals surface area contributed by atoms with Crippen molar-refractivity contribution in [2.75, 3.05) is 25.5 Å². The second kappa shape index (κ2) is 6.78. The number of nitrogens with zero attached hydrogens (tertiary/aromatic N) is 2. The topological polar surface area (TPSA) is 90.6 Å². The normalized spacial score (nSPS) is 13.9.